The number of rotatable bonds is 5. The van der Waals surface area contributed by atoms with Crippen LogP contribution in [-0.4, -0.2) is 4.57 Å². The molecule has 128 valence electrons. The first-order valence-corrected chi connectivity index (χ1v) is 9.03. The Morgan fingerprint density at radius 2 is 1.38 bits per heavy atom. The zero-order valence-electron chi connectivity index (χ0n) is 14.9. The van der Waals surface area contributed by atoms with Crippen molar-refractivity contribution in [2.75, 3.05) is 5.32 Å². The molecule has 0 radical (unpaired) electrons. The van der Waals surface area contributed by atoms with Crippen molar-refractivity contribution in [3.63, 3.8) is 0 Å². The quantitative estimate of drug-likeness (QED) is 0.442. The average Bonchev–Trinajstić information content (AvgIpc) is 3.13. The van der Waals surface area contributed by atoms with E-state index in [0.717, 1.165) is 29.2 Å². The molecule has 4 aromatic rings. The van der Waals surface area contributed by atoms with Gasteiger partial charge in [-0.25, -0.2) is 0 Å². The Labute approximate surface area is 154 Å². The Bertz CT molecular complexity index is 968. The first-order chi connectivity index (χ1) is 12.8. The van der Waals surface area contributed by atoms with Gasteiger partial charge in [0, 0.05) is 23.1 Å². The van der Waals surface area contributed by atoms with Crippen molar-refractivity contribution >= 4 is 11.4 Å². The Balaban J connectivity index is 1.78. The highest BCUT2D eigenvalue weighted by Gasteiger charge is 2.13. The molecule has 3 aromatic carbocycles. The molecule has 1 heterocycles. The molecule has 0 unspecified atom stereocenters. The lowest BCUT2D eigenvalue weighted by atomic mass is 10.1. The SMILES string of the molecule is CCc1ccc(Nc2ccn(-c3ccccc3)c2-c2ccccc2)cc1. The number of anilines is 2. The second-order valence-corrected chi connectivity index (χ2v) is 6.33. The van der Waals surface area contributed by atoms with Crippen molar-refractivity contribution in [1.29, 1.82) is 0 Å². The van der Waals surface area contributed by atoms with Crippen molar-refractivity contribution in [3.8, 4) is 16.9 Å². The number of benzene rings is 3. The molecule has 0 spiro atoms. The smallest absolute Gasteiger partial charge is 0.0765 e. The van der Waals surface area contributed by atoms with Gasteiger partial charge in [0.2, 0.25) is 0 Å². The van der Waals surface area contributed by atoms with Gasteiger partial charge in [0.15, 0.2) is 0 Å². The van der Waals surface area contributed by atoms with Gasteiger partial charge in [0.25, 0.3) is 0 Å². The van der Waals surface area contributed by atoms with Crippen LogP contribution in [0.15, 0.2) is 97.2 Å². The lowest BCUT2D eigenvalue weighted by Crippen LogP contribution is -1.98. The number of para-hydroxylation sites is 1. The largest absolute Gasteiger partial charge is 0.354 e. The summed E-state index contributed by atoms with van der Waals surface area (Å²) in [6.07, 6.45) is 3.18. The number of aromatic nitrogens is 1. The number of nitrogens with zero attached hydrogens (tertiary/aromatic N) is 1. The molecular weight excluding hydrogens is 316 g/mol. The van der Waals surface area contributed by atoms with Crippen molar-refractivity contribution in [1.82, 2.24) is 4.57 Å². The first-order valence-electron chi connectivity index (χ1n) is 9.03. The van der Waals surface area contributed by atoms with E-state index in [-0.39, 0.29) is 0 Å². The van der Waals surface area contributed by atoms with E-state index < -0.39 is 0 Å². The predicted molar refractivity (Wildman–Crippen MR) is 110 cm³/mol. The van der Waals surface area contributed by atoms with Gasteiger partial charge < -0.3 is 9.88 Å². The highest BCUT2D eigenvalue weighted by Crippen LogP contribution is 2.33. The van der Waals surface area contributed by atoms with Crippen molar-refractivity contribution < 1.29 is 0 Å². The summed E-state index contributed by atoms with van der Waals surface area (Å²) in [5, 5.41) is 3.59. The maximum Gasteiger partial charge on any atom is 0.0765 e. The van der Waals surface area contributed by atoms with E-state index in [1.54, 1.807) is 0 Å². The second-order valence-electron chi connectivity index (χ2n) is 6.33. The van der Waals surface area contributed by atoms with Gasteiger partial charge in [-0.2, -0.15) is 0 Å². The minimum absolute atomic E-state index is 1.06. The minimum Gasteiger partial charge on any atom is -0.354 e. The van der Waals surface area contributed by atoms with Crippen molar-refractivity contribution in [3.05, 3.63) is 103 Å². The van der Waals surface area contributed by atoms with Gasteiger partial charge in [0.05, 0.1) is 11.4 Å². The van der Waals surface area contributed by atoms with Crippen LogP contribution in [0, 0.1) is 0 Å². The summed E-state index contributed by atoms with van der Waals surface area (Å²) in [6.45, 7) is 2.18. The third-order valence-corrected chi connectivity index (χ3v) is 4.61. The summed E-state index contributed by atoms with van der Waals surface area (Å²) in [4.78, 5) is 0. The van der Waals surface area contributed by atoms with E-state index in [2.05, 4.69) is 108 Å². The number of hydrogen-bond donors (Lipinski definition) is 1. The molecule has 0 aliphatic carbocycles. The molecule has 0 amide bonds. The van der Waals surface area contributed by atoms with E-state index in [4.69, 9.17) is 0 Å². The molecule has 2 nitrogen and oxygen atoms in total. The van der Waals surface area contributed by atoms with Crippen LogP contribution in [-0.2, 0) is 6.42 Å². The number of hydrogen-bond acceptors (Lipinski definition) is 1. The maximum atomic E-state index is 3.59. The zero-order chi connectivity index (χ0) is 17.8. The van der Waals surface area contributed by atoms with Gasteiger partial charge in [-0.3, -0.25) is 0 Å². The summed E-state index contributed by atoms with van der Waals surface area (Å²) in [5.74, 6) is 0. The summed E-state index contributed by atoms with van der Waals surface area (Å²) >= 11 is 0. The molecule has 0 bridgehead atoms. The molecule has 26 heavy (non-hydrogen) atoms. The molecule has 0 fully saturated rings. The van der Waals surface area contributed by atoms with Crippen molar-refractivity contribution in [2.24, 2.45) is 0 Å². The van der Waals surface area contributed by atoms with E-state index >= 15 is 0 Å². The molecule has 0 atom stereocenters. The van der Waals surface area contributed by atoms with Crippen LogP contribution in [0.1, 0.15) is 12.5 Å². The highest BCUT2D eigenvalue weighted by atomic mass is 15.0. The molecule has 1 aromatic heterocycles. The third-order valence-electron chi connectivity index (χ3n) is 4.61. The van der Waals surface area contributed by atoms with Crippen LogP contribution in [0.3, 0.4) is 0 Å². The fourth-order valence-corrected chi connectivity index (χ4v) is 3.21. The Morgan fingerprint density at radius 1 is 0.731 bits per heavy atom. The molecule has 0 saturated heterocycles. The van der Waals surface area contributed by atoms with E-state index in [0.29, 0.717) is 0 Å². The topological polar surface area (TPSA) is 17.0 Å². The molecular formula is C24H22N2. The van der Waals surface area contributed by atoms with Crippen LogP contribution in [0.4, 0.5) is 11.4 Å². The molecule has 1 N–H and O–H groups in total. The molecule has 2 heteroatoms. The second kappa shape index (κ2) is 7.32. The monoisotopic (exact) mass is 338 g/mol. The van der Waals surface area contributed by atoms with Crippen LogP contribution in [0.25, 0.3) is 16.9 Å². The van der Waals surface area contributed by atoms with Gasteiger partial charge in [-0.15, -0.1) is 0 Å². The summed E-state index contributed by atoms with van der Waals surface area (Å²) in [7, 11) is 0. The fraction of sp³-hybridized carbons (Fsp3) is 0.0833. The number of nitrogens with one attached hydrogen (secondary N) is 1. The lowest BCUT2D eigenvalue weighted by molar-refractivity contribution is 1.09. The Kier molecular flexibility index (Phi) is 4.57. The molecule has 0 saturated carbocycles. The maximum absolute atomic E-state index is 3.59. The van der Waals surface area contributed by atoms with Gasteiger partial charge in [0.1, 0.15) is 0 Å². The van der Waals surface area contributed by atoms with Crippen LogP contribution in [0.2, 0.25) is 0 Å². The number of aryl methyl sites for hydroxylation is 1. The third kappa shape index (κ3) is 3.27. The summed E-state index contributed by atoms with van der Waals surface area (Å²) in [5.41, 5.74) is 7.06. The lowest BCUT2D eigenvalue weighted by Gasteiger charge is -2.13. The van der Waals surface area contributed by atoms with E-state index in [1.807, 2.05) is 6.07 Å². The first kappa shape index (κ1) is 16.2. The fourth-order valence-electron chi connectivity index (χ4n) is 3.21. The van der Waals surface area contributed by atoms with Crippen molar-refractivity contribution in [2.45, 2.75) is 13.3 Å². The Morgan fingerprint density at radius 3 is 2.04 bits per heavy atom. The summed E-state index contributed by atoms with van der Waals surface area (Å²) in [6, 6.07) is 31.8. The Hall–Kier alpha value is -3.26. The molecule has 0 aliphatic heterocycles. The van der Waals surface area contributed by atoms with E-state index in [9.17, 15) is 0 Å². The molecule has 4 rings (SSSR count). The summed E-state index contributed by atoms with van der Waals surface area (Å²) < 4.78 is 2.23. The molecule has 0 aliphatic rings. The van der Waals surface area contributed by atoms with E-state index in [1.165, 1.54) is 11.1 Å². The standard InChI is InChI=1S/C24H22N2/c1-2-19-13-15-21(16-14-19)25-23-17-18-26(22-11-7-4-8-12-22)24(23)20-9-5-3-6-10-20/h3-18,25H,2H2,1H3. The van der Waals surface area contributed by atoms with Crippen LogP contribution >= 0.6 is 0 Å². The highest BCUT2D eigenvalue weighted by molar-refractivity contribution is 5.80. The van der Waals surface area contributed by atoms with Crippen LogP contribution < -0.4 is 5.32 Å². The predicted octanol–water partition coefficient (Wildman–Crippen LogP) is 6.45. The normalized spacial score (nSPS) is 10.7. The van der Waals surface area contributed by atoms with Gasteiger partial charge in [-0.05, 0) is 42.3 Å². The van der Waals surface area contributed by atoms with Crippen LogP contribution in [0.5, 0.6) is 0 Å². The van der Waals surface area contributed by atoms with Gasteiger partial charge >= 0.3 is 0 Å². The zero-order valence-corrected chi connectivity index (χ0v) is 14.9. The minimum atomic E-state index is 1.06. The average molecular weight is 338 g/mol. The van der Waals surface area contributed by atoms with Gasteiger partial charge in [-0.1, -0.05) is 67.6 Å².